The summed E-state index contributed by atoms with van der Waals surface area (Å²) in [5.41, 5.74) is -1.44. The van der Waals surface area contributed by atoms with Gasteiger partial charge in [0, 0.05) is 13.2 Å². The molecule has 0 aliphatic carbocycles. The maximum atomic E-state index is 12.2. The lowest BCUT2D eigenvalue weighted by Crippen LogP contribution is -2.09. The highest BCUT2D eigenvalue weighted by Gasteiger charge is 2.37. The molecule has 0 unspecified atom stereocenters. The first-order valence-corrected chi connectivity index (χ1v) is 3.26. The highest BCUT2D eigenvalue weighted by atomic mass is 19.4. The number of nitrogens with zero attached hydrogens (tertiary/aromatic N) is 2. The largest absolute Gasteiger partial charge is 0.437 e. The van der Waals surface area contributed by atoms with Gasteiger partial charge in [0.05, 0.1) is 5.69 Å². The highest BCUT2D eigenvalue weighted by molar-refractivity contribution is 5.72. The average Bonchev–Trinajstić information content (AvgIpc) is 2.30. The SMILES string of the molecule is Cn1cc(NC=O)c(C(F)(F)F)n1. The fraction of sp³-hybridized carbons (Fsp3) is 0.333. The molecule has 1 aromatic rings. The first kappa shape index (κ1) is 9.56. The number of hydrogen-bond acceptors (Lipinski definition) is 2. The standard InChI is InChI=1S/C6H6F3N3O/c1-12-2-4(10-3-13)5(11-12)6(7,8)9/h2-3H,1H3,(H,10,13). The van der Waals surface area contributed by atoms with Crippen LogP contribution in [0, 0.1) is 0 Å². The average molecular weight is 193 g/mol. The number of hydrogen-bond donors (Lipinski definition) is 1. The summed E-state index contributed by atoms with van der Waals surface area (Å²) >= 11 is 0. The van der Waals surface area contributed by atoms with Crippen molar-refractivity contribution in [3.63, 3.8) is 0 Å². The predicted octanol–water partition coefficient (Wildman–Crippen LogP) is 1.01. The van der Waals surface area contributed by atoms with E-state index in [1.807, 2.05) is 5.32 Å². The Balaban J connectivity index is 3.11. The van der Waals surface area contributed by atoms with Gasteiger partial charge in [-0.3, -0.25) is 9.48 Å². The van der Waals surface area contributed by atoms with Crippen molar-refractivity contribution in [3.05, 3.63) is 11.9 Å². The minimum absolute atomic E-state index is 0.173. The van der Waals surface area contributed by atoms with E-state index in [0.29, 0.717) is 0 Å². The van der Waals surface area contributed by atoms with E-state index in [-0.39, 0.29) is 12.1 Å². The molecule has 13 heavy (non-hydrogen) atoms. The Hall–Kier alpha value is -1.53. The normalized spacial score (nSPS) is 11.4. The molecule has 0 aliphatic rings. The topological polar surface area (TPSA) is 46.9 Å². The van der Waals surface area contributed by atoms with Gasteiger partial charge < -0.3 is 5.32 Å². The van der Waals surface area contributed by atoms with Crippen molar-refractivity contribution in [2.75, 3.05) is 5.32 Å². The molecule has 1 heterocycles. The van der Waals surface area contributed by atoms with Crippen molar-refractivity contribution in [3.8, 4) is 0 Å². The molecule has 0 aliphatic heterocycles. The van der Waals surface area contributed by atoms with Crippen LogP contribution in [0.2, 0.25) is 0 Å². The second-order valence-corrected chi connectivity index (χ2v) is 2.32. The van der Waals surface area contributed by atoms with Gasteiger partial charge in [-0.15, -0.1) is 0 Å². The van der Waals surface area contributed by atoms with Crippen LogP contribution < -0.4 is 5.32 Å². The van der Waals surface area contributed by atoms with Crippen molar-refractivity contribution in [2.24, 2.45) is 7.05 Å². The third-order valence-electron chi connectivity index (χ3n) is 1.31. The monoisotopic (exact) mass is 193 g/mol. The molecule has 1 amide bonds. The molecule has 0 saturated carbocycles. The van der Waals surface area contributed by atoms with Gasteiger partial charge in [0.15, 0.2) is 5.69 Å². The summed E-state index contributed by atoms with van der Waals surface area (Å²) in [4.78, 5) is 9.95. The maximum absolute atomic E-state index is 12.2. The van der Waals surface area contributed by atoms with Gasteiger partial charge in [-0.05, 0) is 0 Å². The Labute approximate surface area is 71.3 Å². The number of aromatic nitrogens is 2. The van der Waals surface area contributed by atoms with E-state index in [4.69, 9.17) is 0 Å². The van der Waals surface area contributed by atoms with E-state index in [9.17, 15) is 18.0 Å². The fourth-order valence-corrected chi connectivity index (χ4v) is 0.867. The third kappa shape index (κ3) is 1.98. The first-order chi connectivity index (χ1) is 5.95. The number of carbonyl (C=O) groups is 1. The second kappa shape index (κ2) is 3.08. The Kier molecular flexibility index (Phi) is 2.26. The van der Waals surface area contributed by atoms with E-state index in [1.165, 1.54) is 7.05 Å². The van der Waals surface area contributed by atoms with Crippen molar-refractivity contribution < 1.29 is 18.0 Å². The van der Waals surface area contributed by atoms with Crippen LogP contribution in [0.3, 0.4) is 0 Å². The fourth-order valence-electron chi connectivity index (χ4n) is 0.867. The number of halogens is 3. The molecule has 0 aromatic carbocycles. The van der Waals surface area contributed by atoms with Crippen LogP contribution in [0.25, 0.3) is 0 Å². The summed E-state index contributed by atoms with van der Waals surface area (Å²) in [6, 6.07) is 0. The molecule has 1 N–H and O–H groups in total. The number of amides is 1. The van der Waals surface area contributed by atoms with Crippen LogP contribution >= 0.6 is 0 Å². The molecular weight excluding hydrogens is 187 g/mol. The number of alkyl halides is 3. The summed E-state index contributed by atoms with van der Waals surface area (Å²) in [5, 5.41) is 5.09. The molecule has 0 fully saturated rings. The Morgan fingerprint density at radius 2 is 2.23 bits per heavy atom. The zero-order chi connectivity index (χ0) is 10.1. The summed E-state index contributed by atoms with van der Waals surface area (Å²) < 4.78 is 37.4. The molecule has 0 atom stereocenters. The maximum Gasteiger partial charge on any atom is 0.437 e. The molecule has 4 nitrogen and oxygen atoms in total. The zero-order valence-corrected chi connectivity index (χ0v) is 6.59. The van der Waals surface area contributed by atoms with Crippen molar-refractivity contribution in [1.29, 1.82) is 0 Å². The van der Waals surface area contributed by atoms with Crippen LogP contribution in [-0.4, -0.2) is 16.2 Å². The van der Waals surface area contributed by atoms with Crippen molar-refractivity contribution in [2.45, 2.75) is 6.18 Å². The van der Waals surface area contributed by atoms with E-state index >= 15 is 0 Å². The van der Waals surface area contributed by atoms with Gasteiger partial charge in [0.2, 0.25) is 6.41 Å². The lowest BCUT2D eigenvalue weighted by atomic mass is 10.3. The zero-order valence-electron chi connectivity index (χ0n) is 6.59. The van der Waals surface area contributed by atoms with E-state index in [0.717, 1.165) is 10.9 Å². The Bertz CT molecular complexity index is 317. The molecular formula is C6H6F3N3O. The third-order valence-corrected chi connectivity index (χ3v) is 1.31. The van der Waals surface area contributed by atoms with Gasteiger partial charge in [-0.25, -0.2) is 0 Å². The highest BCUT2D eigenvalue weighted by Crippen LogP contribution is 2.32. The van der Waals surface area contributed by atoms with E-state index in [2.05, 4.69) is 5.10 Å². The molecule has 0 saturated heterocycles. The number of aryl methyl sites for hydroxylation is 1. The Morgan fingerprint density at radius 3 is 2.69 bits per heavy atom. The number of anilines is 1. The Morgan fingerprint density at radius 1 is 1.62 bits per heavy atom. The van der Waals surface area contributed by atoms with Crippen LogP contribution in [-0.2, 0) is 18.0 Å². The number of nitrogens with one attached hydrogen (secondary N) is 1. The van der Waals surface area contributed by atoms with Gasteiger partial charge >= 0.3 is 6.18 Å². The minimum atomic E-state index is -4.55. The van der Waals surface area contributed by atoms with Gasteiger partial charge in [0.25, 0.3) is 0 Å². The van der Waals surface area contributed by atoms with E-state index in [1.54, 1.807) is 0 Å². The molecule has 72 valence electrons. The smallest absolute Gasteiger partial charge is 0.326 e. The number of carbonyl (C=O) groups excluding carboxylic acids is 1. The molecule has 1 aromatic heterocycles. The summed E-state index contributed by atoms with van der Waals surface area (Å²) in [6.07, 6.45) is -3.30. The van der Waals surface area contributed by atoms with E-state index < -0.39 is 11.9 Å². The van der Waals surface area contributed by atoms with Gasteiger partial charge in [-0.2, -0.15) is 18.3 Å². The summed E-state index contributed by atoms with van der Waals surface area (Å²) in [5.74, 6) is 0. The molecule has 1 rings (SSSR count). The summed E-state index contributed by atoms with van der Waals surface area (Å²) in [6.45, 7) is 0. The number of rotatable bonds is 2. The van der Waals surface area contributed by atoms with Crippen LogP contribution in [0.15, 0.2) is 6.20 Å². The predicted molar refractivity (Wildman–Crippen MR) is 37.9 cm³/mol. The van der Waals surface area contributed by atoms with Crippen LogP contribution in [0.1, 0.15) is 5.69 Å². The minimum Gasteiger partial charge on any atom is -0.326 e. The van der Waals surface area contributed by atoms with Gasteiger partial charge in [0.1, 0.15) is 0 Å². The van der Waals surface area contributed by atoms with Crippen molar-refractivity contribution >= 4 is 12.1 Å². The molecule has 0 spiro atoms. The lowest BCUT2D eigenvalue weighted by Gasteiger charge is -2.03. The molecule has 7 heteroatoms. The first-order valence-electron chi connectivity index (χ1n) is 3.26. The molecule has 0 radical (unpaired) electrons. The van der Waals surface area contributed by atoms with Crippen LogP contribution in [0.4, 0.5) is 18.9 Å². The van der Waals surface area contributed by atoms with Crippen LogP contribution in [0.5, 0.6) is 0 Å². The quantitative estimate of drug-likeness (QED) is 0.712. The van der Waals surface area contributed by atoms with Crippen molar-refractivity contribution in [1.82, 2.24) is 9.78 Å². The van der Waals surface area contributed by atoms with Gasteiger partial charge in [-0.1, -0.05) is 0 Å². The molecule has 0 bridgehead atoms. The summed E-state index contributed by atoms with van der Waals surface area (Å²) in [7, 11) is 1.34. The lowest BCUT2D eigenvalue weighted by molar-refractivity contribution is -0.140. The second-order valence-electron chi connectivity index (χ2n) is 2.32.